The fourth-order valence-corrected chi connectivity index (χ4v) is 3.43. The van der Waals surface area contributed by atoms with Gasteiger partial charge in [-0.2, -0.15) is 0 Å². The summed E-state index contributed by atoms with van der Waals surface area (Å²) in [6.07, 6.45) is 4.01. The maximum Gasteiger partial charge on any atom is 0.224 e. The number of halogens is 2. The van der Waals surface area contributed by atoms with E-state index >= 15 is 0 Å². The van der Waals surface area contributed by atoms with Crippen molar-refractivity contribution in [2.75, 3.05) is 0 Å². The van der Waals surface area contributed by atoms with Gasteiger partial charge in [-0.1, -0.05) is 16.8 Å². The average molecular weight is 451 g/mol. The van der Waals surface area contributed by atoms with Gasteiger partial charge in [0.1, 0.15) is 11.3 Å². The summed E-state index contributed by atoms with van der Waals surface area (Å²) >= 11 is 9.60. The highest BCUT2D eigenvalue weighted by atomic mass is 79.9. The molecule has 0 bridgehead atoms. The fraction of sp³-hybridized carbons (Fsp3) is 0.333. The van der Waals surface area contributed by atoms with Gasteiger partial charge in [0, 0.05) is 31.8 Å². The fourth-order valence-electron chi connectivity index (χ4n) is 2.76. The monoisotopic (exact) mass is 449 g/mol. The molecule has 1 aromatic carbocycles. The summed E-state index contributed by atoms with van der Waals surface area (Å²) in [4.78, 5) is 15.5. The molecule has 1 saturated carbocycles. The topological polar surface area (TPSA) is 81.9 Å². The lowest BCUT2D eigenvalue weighted by molar-refractivity contribution is -0.119. The molecule has 7 nitrogen and oxygen atoms in total. The van der Waals surface area contributed by atoms with E-state index in [1.54, 1.807) is 6.07 Å². The minimum Gasteiger partial charge on any atom is -0.437 e. The number of benzene rings is 1. The van der Waals surface area contributed by atoms with E-state index in [1.807, 2.05) is 16.8 Å². The first-order valence-electron chi connectivity index (χ1n) is 8.59. The minimum atomic E-state index is -0.143. The molecule has 1 N–H and O–H groups in total. The van der Waals surface area contributed by atoms with Gasteiger partial charge in [-0.3, -0.25) is 4.79 Å². The lowest BCUT2D eigenvalue weighted by atomic mass is 10.2. The van der Waals surface area contributed by atoms with Crippen molar-refractivity contribution in [1.29, 1.82) is 0 Å². The van der Waals surface area contributed by atoms with Crippen molar-refractivity contribution >= 4 is 44.5 Å². The number of carbonyl (C=O) groups is 1. The van der Waals surface area contributed by atoms with Crippen LogP contribution in [0.4, 0.5) is 0 Å². The number of ether oxygens (including phenoxy) is 1. The normalized spacial score (nSPS) is 13.7. The molecule has 3 aromatic rings. The Morgan fingerprint density at radius 2 is 2.26 bits per heavy atom. The van der Waals surface area contributed by atoms with Crippen LogP contribution in [0.25, 0.3) is 11.0 Å². The summed E-state index contributed by atoms with van der Waals surface area (Å²) in [5, 5.41) is 11.8. The summed E-state index contributed by atoms with van der Waals surface area (Å²) in [5.41, 5.74) is 2.39. The molecule has 0 aliphatic heterocycles. The first-order valence-corrected chi connectivity index (χ1v) is 9.77. The van der Waals surface area contributed by atoms with E-state index in [9.17, 15) is 4.79 Å². The van der Waals surface area contributed by atoms with E-state index in [0.717, 1.165) is 17.6 Å². The number of pyridine rings is 1. The minimum absolute atomic E-state index is 0.143. The standard InChI is InChI=1S/C18H17BrClN5O2/c1-10(26)21-7-12-6-13(20)8-22-18(12)27-15-5-4-14-17(16(15)19)23-24-25(14)9-11-2-3-11/h4-6,8,11H,2-3,7,9H2,1H3,(H,21,26). The van der Waals surface area contributed by atoms with E-state index in [-0.39, 0.29) is 12.5 Å². The Morgan fingerprint density at radius 1 is 1.44 bits per heavy atom. The smallest absolute Gasteiger partial charge is 0.224 e. The van der Waals surface area contributed by atoms with Gasteiger partial charge >= 0.3 is 0 Å². The number of rotatable bonds is 6. The van der Waals surface area contributed by atoms with Gasteiger partial charge in [0.2, 0.25) is 11.8 Å². The Hall–Kier alpha value is -2.19. The number of fused-ring (bicyclic) bond motifs is 1. The molecule has 140 valence electrons. The molecule has 1 amide bonds. The van der Waals surface area contributed by atoms with E-state index in [4.69, 9.17) is 16.3 Å². The molecule has 27 heavy (non-hydrogen) atoms. The Balaban J connectivity index is 1.63. The third kappa shape index (κ3) is 4.06. The van der Waals surface area contributed by atoms with Crippen LogP contribution < -0.4 is 10.1 Å². The number of hydrogen-bond acceptors (Lipinski definition) is 5. The van der Waals surface area contributed by atoms with Crippen LogP contribution in [0.1, 0.15) is 25.3 Å². The highest BCUT2D eigenvalue weighted by Crippen LogP contribution is 2.37. The summed E-state index contributed by atoms with van der Waals surface area (Å²) in [5.74, 6) is 1.51. The lowest BCUT2D eigenvalue weighted by Crippen LogP contribution is -2.19. The Bertz CT molecular complexity index is 1020. The molecule has 0 spiro atoms. The summed E-state index contributed by atoms with van der Waals surface area (Å²) in [6, 6.07) is 5.52. The maximum atomic E-state index is 11.2. The molecule has 9 heteroatoms. The quantitative estimate of drug-likeness (QED) is 0.612. The van der Waals surface area contributed by atoms with Gasteiger partial charge < -0.3 is 10.1 Å². The third-order valence-corrected chi connectivity index (χ3v) is 5.32. The van der Waals surface area contributed by atoms with Gasteiger partial charge in [0.05, 0.1) is 15.0 Å². The number of amides is 1. The lowest BCUT2D eigenvalue weighted by Gasteiger charge is -2.12. The van der Waals surface area contributed by atoms with Gasteiger partial charge in [-0.05, 0) is 52.9 Å². The molecule has 2 aromatic heterocycles. The van der Waals surface area contributed by atoms with Crippen LogP contribution in [-0.4, -0.2) is 25.9 Å². The van der Waals surface area contributed by atoms with Gasteiger partial charge in [0.25, 0.3) is 0 Å². The summed E-state index contributed by atoms with van der Waals surface area (Å²) in [6.45, 7) is 2.62. The number of carbonyl (C=O) groups excluding carboxylic acids is 1. The van der Waals surface area contributed by atoms with Crippen LogP contribution >= 0.6 is 27.5 Å². The zero-order valence-electron chi connectivity index (χ0n) is 14.6. The van der Waals surface area contributed by atoms with Crippen molar-refractivity contribution in [2.24, 2.45) is 5.92 Å². The number of nitrogens with zero attached hydrogens (tertiary/aromatic N) is 4. The number of nitrogens with one attached hydrogen (secondary N) is 1. The van der Waals surface area contributed by atoms with E-state index in [0.29, 0.717) is 32.6 Å². The average Bonchev–Trinajstić information content (AvgIpc) is 3.36. The second-order valence-electron chi connectivity index (χ2n) is 6.59. The largest absolute Gasteiger partial charge is 0.437 e. The number of aromatic nitrogens is 4. The Morgan fingerprint density at radius 3 is 3.00 bits per heavy atom. The molecule has 1 fully saturated rings. The van der Waals surface area contributed by atoms with Gasteiger partial charge in [0.15, 0.2) is 0 Å². The van der Waals surface area contributed by atoms with E-state index < -0.39 is 0 Å². The van der Waals surface area contributed by atoms with Crippen LogP contribution in [0.3, 0.4) is 0 Å². The van der Waals surface area contributed by atoms with Crippen LogP contribution in [0.15, 0.2) is 28.9 Å². The molecule has 4 rings (SSSR count). The van der Waals surface area contributed by atoms with E-state index in [1.165, 1.54) is 26.0 Å². The molecular formula is C18H17BrClN5O2. The van der Waals surface area contributed by atoms with Crippen LogP contribution in [-0.2, 0) is 17.9 Å². The highest BCUT2D eigenvalue weighted by molar-refractivity contribution is 9.10. The van der Waals surface area contributed by atoms with Crippen molar-refractivity contribution < 1.29 is 9.53 Å². The molecule has 1 aliphatic carbocycles. The van der Waals surface area contributed by atoms with Crippen LogP contribution in [0, 0.1) is 5.92 Å². The van der Waals surface area contributed by atoms with Gasteiger partial charge in [-0.25, -0.2) is 9.67 Å². The molecule has 0 saturated heterocycles. The number of hydrogen-bond donors (Lipinski definition) is 1. The molecule has 1 aliphatic rings. The Labute approximate surface area is 169 Å². The van der Waals surface area contributed by atoms with Crippen LogP contribution in [0.5, 0.6) is 11.6 Å². The molecule has 0 unspecified atom stereocenters. The predicted octanol–water partition coefficient (Wildman–Crippen LogP) is 4.08. The van der Waals surface area contributed by atoms with Crippen molar-refractivity contribution in [3.8, 4) is 11.6 Å². The molecule has 2 heterocycles. The van der Waals surface area contributed by atoms with Gasteiger partial charge in [-0.15, -0.1) is 5.10 Å². The summed E-state index contributed by atoms with van der Waals surface area (Å²) in [7, 11) is 0. The summed E-state index contributed by atoms with van der Waals surface area (Å²) < 4.78 is 8.64. The third-order valence-electron chi connectivity index (χ3n) is 4.34. The first kappa shape index (κ1) is 18.2. The van der Waals surface area contributed by atoms with Crippen molar-refractivity contribution in [3.63, 3.8) is 0 Å². The molecular weight excluding hydrogens is 434 g/mol. The van der Waals surface area contributed by atoms with Crippen LogP contribution in [0.2, 0.25) is 5.02 Å². The molecule has 0 atom stereocenters. The first-order chi connectivity index (χ1) is 13.0. The zero-order valence-corrected chi connectivity index (χ0v) is 16.9. The maximum absolute atomic E-state index is 11.2. The van der Waals surface area contributed by atoms with E-state index in [2.05, 4.69) is 36.5 Å². The predicted molar refractivity (Wildman–Crippen MR) is 105 cm³/mol. The zero-order chi connectivity index (χ0) is 19.0. The highest BCUT2D eigenvalue weighted by Gasteiger charge is 2.24. The van der Waals surface area contributed by atoms with Crippen molar-refractivity contribution in [2.45, 2.75) is 32.9 Å². The SMILES string of the molecule is CC(=O)NCc1cc(Cl)cnc1Oc1ccc2c(nnn2CC2CC2)c1Br. The second-order valence-corrected chi connectivity index (χ2v) is 7.82. The Kier molecular flexibility index (Phi) is 5.01. The molecule has 0 radical (unpaired) electrons. The van der Waals surface area contributed by atoms with Crippen molar-refractivity contribution in [3.05, 3.63) is 39.5 Å². The van der Waals surface area contributed by atoms with Crippen molar-refractivity contribution in [1.82, 2.24) is 25.3 Å². The second kappa shape index (κ2) is 7.44.